The molecule has 0 aliphatic carbocycles. The first-order valence-corrected chi connectivity index (χ1v) is 6.25. The molecule has 0 amide bonds. The minimum absolute atomic E-state index is 0.207. The molecule has 0 aromatic heterocycles. The van der Waals surface area contributed by atoms with Gasteiger partial charge in [-0.25, -0.2) is 0 Å². The zero-order chi connectivity index (χ0) is 12.7. The predicted molar refractivity (Wildman–Crippen MR) is 70.8 cm³/mol. The Morgan fingerprint density at radius 1 is 1.24 bits per heavy atom. The number of methoxy groups -OCH3 is 1. The Hall–Kier alpha value is -1.22. The minimum atomic E-state index is 0.207. The van der Waals surface area contributed by atoms with Crippen molar-refractivity contribution >= 4 is 0 Å². The number of hydrogen-bond acceptors (Lipinski definition) is 3. The van der Waals surface area contributed by atoms with Crippen LogP contribution in [0.25, 0.3) is 0 Å². The van der Waals surface area contributed by atoms with Gasteiger partial charge in [0.05, 0.1) is 13.2 Å². The lowest BCUT2D eigenvalue weighted by atomic mass is 10.2. The second-order valence-electron chi connectivity index (χ2n) is 4.10. The summed E-state index contributed by atoms with van der Waals surface area (Å²) in [6.07, 6.45) is 1.19. The monoisotopic (exact) mass is 237 g/mol. The third-order valence-corrected chi connectivity index (χ3v) is 2.71. The second-order valence-corrected chi connectivity index (χ2v) is 4.10. The van der Waals surface area contributed by atoms with Crippen LogP contribution in [-0.4, -0.2) is 19.8 Å². The molecule has 1 rings (SSSR count). The Labute approximate surface area is 104 Å². The van der Waals surface area contributed by atoms with E-state index in [4.69, 9.17) is 9.47 Å². The summed E-state index contributed by atoms with van der Waals surface area (Å²) in [6.45, 7) is 8.10. The molecular formula is C14H23NO2. The van der Waals surface area contributed by atoms with Crippen LogP contribution in [0.4, 0.5) is 0 Å². The van der Waals surface area contributed by atoms with Crippen LogP contribution in [0, 0.1) is 0 Å². The van der Waals surface area contributed by atoms with Gasteiger partial charge in [0.1, 0.15) is 0 Å². The lowest BCUT2D eigenvalue weighted by molar-refractivity contribution is 0.207. The van der Waals surface area contributed by atoms with Gasteiger partial charge in [-0.2, -0.15) is 0 Å². The largest absolute Gasteiger partial charge is 0.493 e. The van der Waals surface area contributed by atoms with Crippen molar-refractivity contribution in [2.24, 2.45) is 0 Å². The molecule has 1 N–H and O–H groups in total. The molecule has 0 radical (unpaired) electrons. The Bertz CT molecular complexity index is 339. The highest BCUT2D eigenvalue weighted by Crippen LogP contribution is 2.29. The van der Waals surface area contributed by atoms with Gasteiger partial charge in [0.2, 0.25) is 0 Å². The van der Waals surface area contributed by atoms with Gasteiger partial charge in [-0.05, 0) is 37.6 Å². The van der Waals surface area contributed by atoms with E-state index >= 15 is 0 Å². The van der Waals surface area contributed by atoms with Crippen LogP contribution >= 0.6 is 0 Å². The lowest BCUT2D eigenvalue weighted by Crippen LogP contribution is -2.13. The molecule has 1 aromatic carbocycles. The molecule has 3 heteroatoms. The number of ether oxygens (including phenoxy) is 2. The fraction of sp³-hybridized carbons (Fsp3) is 0.571. The molecule has 17 heavy (non-hydrogen) atoms. The molecule has 0 saturated heterocycles. The molecule has 0 bridgehead atoms. The van der Waals surface area contributed by atoms with Crippen molar-refractivity contribution in [2.45, 2.75) is 39.8 Å². The minimum Gasteiger partial charge on any atom is -0.493 e. The van der Waals surface area contributed by atoms with E-state index in [-0.39, 0.29) is 6.10 Å². The van der Waals surface area contributed by atoms with E-state index in [1.54, 1.807) is 7.11 Å². The first-order chi connectivity index (χ1) is 8.21. The maximum atomic E-state index is 5.85. The first kappa shape index (κ1) is 13.8. The van der Waals surface area contributed by atoms with Crippen LogP contribution in [0.3, 0.4) is 0 Å². The standard InChI is InChI=1S/C14H23NO2/c1-5-11(3)17-14-9-12(10-15-6-2)7-8-13(14)16-4/h7-9,11,15H,5-6,10H2,1-4H3. The zero-order valence-corrected chi connectivity index (χ0v) is 11.2. The summed E-state index contributed by atoms with van der Waals surface area (Å²) < 4.78 is 11.2. The number of rotatable bonds is 7. The number of hydrogen-bond donors (Lipinski definition) is 1. The summed E-state index contributed by atoms with van der Waals surface area (Å²) in [7, 11) is 1.67. The summed E-state index contributed by atoms with van der Waals surface area (Å²) in [5.41, 5.74) is 1.21. The van der Waals surface area contributed by atoms with Crippen molar-refractivity contribution < 1.29 is 9.47 Å². The van der Waals surface area contributed by atoms with Gasteiger partial charge >= 0.3 is 0 Å². The van der Waals surface area contributed by atoms with Gasteiger partial charge in [0.15, 0.2) is 11.5 Å². The van der Waals surface area contributed by atoms with Gasteiger partial charge in [-0.3, -0.25) is 0 Å². The first-order valence-electron chi connectivity index (χ1n) is 6.25. The van der Waals surface area contributed by atoms with Crippen molar-refractivity contribution in [2.75, 3.05) is 13.7 Å². The van der Waals surface area contributed by atoms with Gasteiger partial charge in [-0.15, -0.1) is 0 Å². The van der Waals surface area contributed by atoms with Crippen LogP contribution in [0.15, 0.2) is 18.2 Å². The summed E-state index contributed by atoms with van der Waals surface area (Å²) in [5, 5.41) is 3.30. The molecular weight excluding hydrogens is 214 g/mol. The molecule has 1 unspecified atom stereocenters. The smallest absolute Gasteiger partial charge is 0.161 e. The lowest BCUT2D eigenvalue weighted by Gasteiger charge is -2.16. The predicted octanol–water partition coefficient (Wildman–Crippen LogP) is 2.98. The Balaban J connectivity index is 2.82. The Kier molecular flexibility index (Phi) is 5.84. The van der Waals surface area contributed by atoms with E-state index in [2.05, 4.69) is 32.2 Å². The van der Waals surface area contributed by atoms with Gasteiger partial charge < -0.3 is 14.8 Å². The van der Waals surface area contributed by atoms with Crippen LogP contribution in [-0.2, 0) is 6.54 Å². The highest BCUT2D eigenvalue weighted by atomic mass is 16.5. The van der Waals surface area contributed by atoms with E-state index < -0.39 is 0 Å². The Morgan fingerprint density at radius 3 is 2.59 bits per heavy atom. The quantitative estimate of drug-likeness (QED) is 0.791. The van der Waals surface area contributed by atoms with E-state index in [9.17, 15) is 0 Å². The van der Waals surface area contributed by atoms with Crippen LogP contribution in [0.1, 0.15) is 32.8 Å². The molecule has 96 valence electrons. The van der Waals surface area contributed by atoms with Gasteiger partial charge in [0.25, 0.3) is 0 Å². The van der Waals surface area contributed by atoms with Crippen LogP contribution in [0.2, 0.25) is 0 Å². The molecule has 0 heterocycles. The molecule has 1 atom stereocenters. The summed E-state index contributed by atoms with van der Waals surface area (Å²) in [6, 6.07) is 6.07. The molecule has 3 nitrogen and oxygen atoms in total. The van der Waals surface area contributed by atoms with E-state index in [0.29, 0.717) is 0 Å². The number of nitrogens with one attached hydrogen (secondary N) is 1. The normalized spacial score (nSPS) is 12.2. The molecule has 0 fully saturated rings. The fourth-order valence-corrected chi connectivity index (χ4v) is 1.49. The molecule has 1 aromatic rings. The van der Waals surface area contributed by atoms with Crippen molar-refractivity contribution in [3.8, 4) is 11.5 Å². The molecule has 0 aliphatic heterocycles. The van der Waals surface area contributed by atoms with Crippen molar-refractivity contribution in [1.82, 2.24) is 5.32 Å². The highest BCUT2D eigenvalue weighted by molar-refractivity contribution is 5.43. The zero-order valence-electron chi connectivity index (χ0n) is 11.2. The van der Waals surface area contributed by atoms with E-state index in [0.717, 1.165) is 31.0 Å². The molecule has 0 saturated carbocycles. The maximum absolute atomic E-state index is 5.85. The summed E-state index contributed by atoms with van der Waals surface area (Å²) in [4.78, 5) is 0. The maximum Gasteiger partial charge on any atom is 0.161 e. The van der Waals surface area contributed by atoms with Crippen molar-refractivity contribution in [1.29, 1.82) is 0 Å². The van der Waals surface area contributed by atoms with E-state index in [1.807, 2.05) is 12.1 Å². The van der Waals surface area contributed by atoms with Crippen molar-refractivity contribution in [3.63, 3.8) is 0 Å². The van der Waals surface area contributed by atoms with Gasteiger partial charge in [0, 0.05) is 6.54 Å². The third kappa shape index (κ3) is 4.27. The second kappa shape index (κ2) is 7.17. The Morgan fingerprint density at radius 2 is 2.00 bits per heavy atom. The van der Waals surface area contributed by atoms with Gasteiger partial charge in [-0.1, -0.05) is 19.9 Å². The molecule has 0 aliphatic rings. The fourth-order valence-electron chi connectivity index (χ4n) is 1.49. The summed E-state index contributed by atoms with van der Waals surface area (Å²) in [5.74, 6) is 1.63. The number of benzene rings is 1. The topological polar surface area (TPSA) is 30.5 Å². The van der Waals surface area contributed by atoms with Crippen LogP contribution in [0.5, 0.6) is 11.5 Å². The molecule has 0 spiro atoms. The SMILES string of the molecule is CCNCc1ccc(OC)c(OC(C)CC)c1. The average molecular weight is 237 g/mol. The van der Waals surface area contributed by atoms with E-state index in [1.165, 1.54) is 5.56 Å². The van der Waals surface area contributed by atoms with Crippen LogP contribution < -0.4 is 14.8 Å². The highest BCUT2D eigenvalue weighted by Gasteiger charge is 2.08. The average Bonchev–Trinajstić information content (AvgIpc) is 2.36. The third-order valence-electron chi connectivity index (χ3n) is 2.71. The van der Waals surface area contributed by atoms with Crippen molar-refractivity contribution in [3.05, 3.63) is 23.8 Å². The summed E-state index contributed by atoms with van der Waals surface area (Å²) >= 11 is 0.